The molecule has 11 heavy (non-hydrogen) atoms. The fourth-order valence-electron chi connectivity index (χ4n) is 0.764. The van der Waals surface area contributed by atoms with Gasteiger partial charge in [0.25, 0.3) is 5.92 Å². The summed E-state index contributed by atoms with van der Waals surface area (Å²) in [5, 5.41) is 0. The van der Waals surface area contributed by atoms with E-state index in [1.807, 2.05) is 0 Å². The van der Waals surface area contributed by atoms with Gasteiger partial charge in [-0.3, -0.25) is 0 Å². The lowest BCUT2D eigenvalue weighted by Gasteiger charge is -2.11. The predicted molar refractivity (Wildman–Crippen MR) is 36.4 cm³/mol. The number of hydrogen-bond acceptors (Lipinski definition) is 2. The van der Waals surface area contributed by atoms with Crippen molar-refractivity contribution in [3.05, 3.63) is 24.2 Å². The van der Waals surface area contributed by atoms with Crippen molar-refractivity contribution >= 4 is 0 Å². The number of furan rings is 1. The zero-order valence-electron chi connectivity index (χ0n) is 5.89. The summed E-state index contributed by atoms with van der Waals surface area (Å²) in [7, 11) is 0. The van der Waals surface area contributed by atoms with Crippen molar-refractivity contribution in [2.45, 2.75) is 12.3 Å². The zero-order valence-corrected chi connectivity index (χ0v) is 5.89. The molecule has 0 saturated heterocycles. The van der Waals surface area contributed by atoms with Crippen LogP contribution in [0.3, 0.4) is 0 Å². The first-order valence-corrected chi connectivity index (χ1v) is 3.23. The lowest BCUT2D eigenvalue weighted by molar-refractivity contribution is 0.0113. The molecule has 0 bridgehead atoms. The summed E-state index contributed by atoms with van der Waals surface area (Å²) in [6.45, 7) is -0.627. The highest BCUT2D eigenvalue weighted by Gasteiger charge is 2.27. The van der Waals surface area contributed by atoms with Crippen molar-refractivity contribution in [1.29, 1.82) is 0 Å². The largest absolute Gasteiger partial charge is 0.472 e. The van der Waals surface area contributed by atoms with E-state index < -0.39 is 12.5 Å². The van der Waals surface area contributed by atoms with Gasteiger partial charge in [-0.1, -0.05) is 0 Å². The fourth-order valence-corrected chi connectivity index (χ4v) is 0.764. The monoisotopic (exact) mass is 161 g/mol. The molecule has 4 heteroatoms. The van der Waals surface area contributed by atoms with Gasteiger partial charge in [0, 0.05) is 6.42 Å². The normalized spacial score (nSPS) is 11.9. The van der Waals surface area contributed by atoms with E-state index in [9.17, 15) is 8.78 Å². The molecule has 0 spiro atoms. The van der Waals surface area contributed by atoms with Crippen molar-refractivity contribution in [3.63, 3.8) is 0 Å². The number of nitrogens with two attached hydrogens (primary N) is 1. The van der Waals surface area contributed by atoms with Crippen LogP contribution in [-0.4, -0.2) is 12.5 Å². The van der Waals surface area contributed by atoms with Crippen molar-refractivity contribution < 1.29 is 13.2 Å². The van der Waals surface area contributed by atoms with Gasteiger partial charge in [0.05, 0.1) is 19.1 Å². The van der Waals surface area contributed by atoms with E-state index in [-0.39, 0.29) is 6.42 Å². The Morgan fingerprint density at radius 3 is 2.73 bits per heavy atom. The van der Waals surface area contributed by atoms with Gasteiger partial charge in [-0.25, -0.2) is 8.78 Å². The van der Waals surface area contributed by atoms with Crippen LogP contribution >= 0.6 is 0 Å². The second kappa shape index (κ2) is 3.00. The predicted octanol–water partition coefficient (Wildman–Crippen LogP) is 1.42. The minimum Gasteiger partial charge on any atom is -0.472 e. The van der Waals surface area contributed by atoms with Gasteiger partial charge in [-0.05, 0) is 11.6 Å². The van der Waals surface area contributed by atoms with E-state index in [4.69, 9.17) is 5.73 Å². The first-order valence-electron chi connectivity index (χ1n) is 3.23. The molecule has 1 aromatic heterocycles. The Kier molecular flexibility index (Phi) is 2.24. The number of alkyl halides is 2. The second-order valence-electron chi connectivity index (χ2n) is 2.37. The number of hydrogen-bond donors (Lipinski definition) is 1. The SMILES string of the molecule is NCC(F)(F)Cc1ccoc1. The van der Waals surface area contributed by atoms with Crippen LogP contribution in [-0.2, 0) is 6.42 Å². The summed E-state index contributed by atoms with van der Waals surface area (Å²) >= 11 is 0. The molecule has 0 unspecified atom stereocenters. The van der Waals surface area contributed by atoms with Crippen molar-refractivity contribution in [2.24, 2.45) is 5.73 Å². The van der Waals surface area contributed by atoms with E-state index in [0.717, 1.165) is 0 Å². The second-order valence-corrected chi connectivity index (χ2v) is 2.37. The Labute approximate surface area is 63.0 Å². The molecule has 0 atom stereocenters. The molecule has 0 radical (unpaired) electrons. The van der Waals surface area contributed by atoms with E-state index in [1.54, 1.807) is 0 Å². The lowest BCUT2D eigenvalue weighted by Crippen LogP contribution is -2.29. The van der Waals surface area contributed by atoms with Crippen LogP contribution in [0.2, 0.25) is 0 Å². The average Bonchev–Trinajstić information content (AvgIpc) is 2.39. The maximum absolute atomic E-state index is 12.5. The molecule has 0 amide bonds. The summed E-state index contributed by atoms with van der Waals surface area (Å²) in [5.74, 6) is -2.82. The summed E-state index contributed by atoms with van der Waals surface area (Å²) < 4.78 is 29.7. The smallest absolute Gasteiger partial charge is 0.264 e. The lowest BCUT2D eigenvalue weighted by atomic mass is 10.1. The third-order valence-electron chi connectivity index (χ3n) is 1.34. The third-order valence-corrected chi connectivity index (χ3v) is 1.34. The van der Waals surface area contributed by atoms with Crippen LogP contribution in [0.4, 0.5) is 8.78 Å². The zero-order chi connectivity index (χ0) is 8.32. The Morgan fingerprint density at radius 1 is 1.55 bits per heavy atom. The maximum atomic E-state index is 12.5. The molecule has 0 saturated carbocycles. The van der Waals surface area contributed by atoms with Gasteiger partial charge >= 0.3 is 0 Å². The van der Waals surface area contributed by atoms with Gasteiger partial charge in [0.15, 0.2) is 0 Å². The quantitative estimate of drug-likeness (QED) is 0.728. The standard InChI is InChI=1S/C7H9F2NO/c8-7(9,5-10)3-6-1-2-11-4-6/h1-2,4H,3,5,10H2. The molecule has 0 aliphatic heterocycles. The molecule has 1 aromatic rings. The first kappa shape index (κ1) is 8.20. The molecule has 0 fully saturated rings. The summed E-state index contributed by atoms with van der Waals surface area (Å²) in [6, 6.07) is 1.50. The summed E-state index contributed by atoms with van der Waals surface area (Å²) in [4.78, 5) is 0. The maximum Gasteiger partial charge on any atom is 0.264 e. The van der Waals surface area contributed by atoms with Crippen LogP contribution in [0.25, 0.3) is 0 Å². The highest BCUT2D eigenvalue weighted by atomic mass is 19.3. The first-order chi connectivity index (χ1) is 5.14. The van der Waals surface area contributed by atoms with Gasteiger partial charge in [0.1, 0.15) is 0 Å². The van der Waals surface area contributed by atoms with E-state index in [0.29, 0.717) is 5.56 Å². The van der Waals surface area contributed by atoms with Crippen LogP contribution in [0.5, 0.6) is 0 Å². The molecule has 1 heterocycles. The molecule has 1 rings (SSSR count). The van der Waals surface area contributed by atoms with Crippen LogP contribution in [0.1, 0.15) is 5.56 Å². The van der Waals surface area contributed by atoms with Gasteiger partial charge in [-0.15, -0.1) is 0 Å². The van der Waals surface area contributed by atoms with Crippen LogP contribution in [0, 0.1) is 0 Å². The van der Waals surface area contributed by atoms with Crippen molar-refractivity contribution in [1.82, 2.24) is 0 Å². The van der Waals surface area contributed by atoms with Gasteiger partial charge in [0.2, 0.25) is 0 Å². The Balaban J connectivity index is 2.56. The summed E-state index contributed by atoms with van der Waals surface area (Å²) in [5.41, 5.74) is 5.31. The van der Waals surface area contributed by atoms with Crippen molar-refractivity contribution in [2.75, 3.05) is 6.54 Å². The molecule has 2 nitrogen and oxygen atoms in total. The van der Waals surface area contributed by atoms with E-state index >= 15 is 0 Å². The molecule has 2 N–H and O–H groups in total. The molecule has 0 aromatic carbocycles. The fraction of sp³-hybridized carbons (Fsp3) is 0.429. The Bertz CT molecular complexity index is 208. The Morgan fingerprint density at radius 2 is 2.27 bits per heavy atom. The molecule has 62 valence electrons. The minimum atomic E-state index is -2.82. The molecular weight excluding hydrogens is 152 g/mol. The average molecular weight is 161 g/mol. The Hall–Kier alpha value is -0.900. The van der Waals surface area contributed by atoms with E-state index in [2.05, 4.69) is 4.42 Å². The van der Waals surface area contributed by atoms with Crippen LogP contribution in [0.15, 0.2) is 23.0 Å². The third kappa shape index (κ3) is 2.31. The minimum absolute atomic E-state index is 0.347. The highest BCUT2D eigenvalue weighted by molar-refractivity contribution is 5.07. The highest BCUT2D eigenvalue weighted by Crippen LogP contribution is 2.18. The number of rotatable bonds is 3. The van der Waals surface area contributed by atoms with Gasteiger partial charge in [-0.2, -0.15) is 0 Å². The van der Waals surface area contributed by atoms with Gasteiger partial charge < -0.3 is 10.2 Å². The summed E-state index contributed by atoms with van der Waals surface area (Å²) in [6.07, 6.45) is 2.31. The van der Waals surface area contributed by atoms with Crippen molar-refractivity contribution in [3.8, 4) is 0 Å². The van der Waals surface area contributed by atoms with E-state index in [1.165, 1.54) is 18.6 Å². The molecular formula is C7H9F2NO. The van der Waals surface area contributed by atoms with Crippen LogP contribution < -0.4 is 5.73 Å². The molecule has 0 aliphatic carbocycles. The topological polar surface area (TPSA) is 39.2 Å². The number of halogens is 2. The molecule has 0 aliphatic rings.